The molecule has 2 aliphatic heterocycles. The van der Waals surface area contributed by atoms with E-state index < -0.39 is 46.1 Å². The van der Waals surface area contributed by atoms with E-state index in [-0.39, 0.29) is 29.0 Å². The number of tetrazole rings is 1. The molecule has 18 nitrogen and oxygen atoms in total. The number of amides is 1. The number of rotatable bonds is 14. The van der Waals surface area contributed by atoms with Crippen LogP contribution in [0.2, 0.25) is 0 Å². The van der Waals surface area contributed by atoms with E-state index in [1.165, 1.54) is 19.2 Å². The molecule has 260 valence electrons. The summed E-state index contributed by atoms with van der Waals surface area (Å²) in [5, 5.41) is 24.4. The lowest BCUT2D eigenvalue weighted by Crippen LogP contribution is -2.68. The quantitative estimate of drug-likeness (QED) is 0.0629. The number of H-pyrrole nitrogens is 1. The molecule has 2 fully saturated rings. The number of piperidine rings is 1. The zero-order chi connectivity index (χ0) is 34.8. The largest absolute Gasteiger partial charge is 0.489 e. The van der Waals surface area contributed by atoms with Crippen molar-refractivity contribution in [3.05, 3.63) is 52.9 Å². The van der Waals surface area contributed by atoms with Gasteiger partial charge in [-0.3, -0.25) is 19.1 Å². The maximum atomic E-state index is 13.6. The number of nitrogens with two attached hydrogens (primary N) is 1. The van der Waals surface area contributed by atoms with Gasteiger partial charge in [0.2, 0.25) is 11.9 Å². The maximum Gasteiger partial charge on any atom is 0.418 e. The summed E-state index contributed by atoms with van der Waals surface area (Å²) in [5.41, 5.74) is 6.30. The monoisotopic (exact) mass is 714 g/mol. The molecule has 6 rings (SSSR count). The molecule has 5 heterocycles. The smallest absolute Gasteiger partial charge is 0.418 e. The number of hydrogen-bond acceptors (Lipinski definition) is 16. The normalized spacial score (nSPS) is 19.1. The highest BCUT2D eigenvalue weighted by molar-refractivity contribution is 7.80. The SMILES string of the molecule is CC1(C)C(CC(=O)/C(=N\OC(COc2ccc3nc(CC4CCNCC4)ccc3c2)c2nn[nH]n2)c2csc(N)n2)C(=O)N1OS(=O)(=O)O. The number of hydroxylamine groups is 2. The zero-order valence-electron chi connectivity index (χ0n) is 26.5. The number of nitrogens with zero attached hydrogens (tertiary/aromatic N) is 7. The number of anilines is 1. The number of benzene rings is 1. The molecule has 0 spiro atoms. The number of carbonyl (C=O) groups is 2. The Labute approximate surface area is 284 Å². The fourth-order valence-corrected chi connectivity index (χ4v) is 6.77. The number of aromatic amines is 1. The summed E-state index contributed by atoms with van der Waals surface area (Å²) >= 11 is 1.06. The van der Waals surface area contributed by atoms with Crippen LogP contribution in [0, 0.1) is 11.8 Å². The summed E-state index contributed by atoms with van der Waals surface area (Å²) in [5.74, 6) is -1.26. The Morgan fingerprint density at radius 2 is 2.02 bits per heavy atom. The van der Waals surface area contributed by atoms with Crippen LogP contribution >= 0.6 is 11.3 Å². The Kier molecular flexibility index (Phi) is 9.84. The predicted octanol–water partition coefficient (Wildman–Crippen LogP) is 1.80. The van der Waals surface area contributed by atoms with Gasteiger partial charge >= 0.3 is 10.4 Å². The van der Waals surface area contributed by atoms with Crippen LogP contribution in [0.3, 0.4) is 0 Å². The van der Waals surface area contributed by atoms with E-state index >= 15 is 0 Å². The first kappa shape index (κ1) is 34.2. The van der Waals surface area contributed by atoms with E-state index in [2.05, 4.69) is 40.4 Å². The van der Waals surface area contributed by atoms with E-state index in [0.717, 1.165) is 60.3 Å². The number of pyridine rings is 1. The Bertz CT molecular complexity index is 1960. The average molecular weight is 715 g/mol. The third kappa shape index (κ3) is 7.99. The van der Waals surface area contributed by atoms with Crippen LogP contribution in [-0.2, 0) is 35.5 Å². The lowest BCUT2D eigenvalue weighted by atomic mass is 9.74. The first-order valence-electron chi connectivity index (χ1n) is 15.3. The summed E-state index contributed by atoms with van der Waals surface area (Å²) in [6.07, 6.45) is 1.76. The molecule has 0 aliphatic carbocycles. The van der Waals surface area contributed by atoms with Crippen molar-refractivity contribution in [3.8, 4) is 5.75 Å². The molecule has 0 saturated carbocycles. The van der Waals surface area contributed by atoms with Gasteiger partial charge in [0.1, 0.15) is 18.1 Å². The number of carbonyl (C=O) groups excluding carboxylic acids is 2. The summed E-state index contributed by atoms with van der Waals surface area (Å²) in [7, 11) is -4.96. The number of hydrogen-bond donors (Lipinski definition) is 4. The summed E-state index contributed by atoms with van der Waals surface area (Å²) < 4.78 is 41.9. The Hall–Kier alpha value is -4.63. The standard InChI is InChI=1S/C29H34N10O8S2/c1-29(2)20(27(41)39(29)47-49(42,43)44)13-23(40)25(22-15-48-28(30)33-22)36-46-24(26-34-37-38-35-26)14-45-19-5-6-21-17(12-19)3-4-18(32-21)11-16-7-9-31-10-8-16/h3-6,12,15-16,20,24,31H,7-11,13-14H2,1-2H3,(H2,30,33)(H,42,43,44)(H,34,35,37,38)/b36-25-. The van der Waals surface area contributed by atoms with Crippen molar-refractivity contribution in [2.45, 2.75) is 51.2 Å². The summed E-state index contributed by atoms with van der Waals surface area (Å²) in [6, 6.07) is 9.58. The molecule has 2 unspecified atom stereocenters. The minimum absolute atomic E-state index is 0.0895. The molecule has 2 aliphatic rings. The van der Waals surface area contributed by atoms with Crippen molar-refractivity contribution < 1.29 is 36.4 Å². The highest BCUT2D eigenvalue weighted by atomic mass is 32.3. The molecular weight excluding hydrogens is 681 g/mol. The average Bonchev–Trinajstić information content (AvgIpc) is 3.76. The highest BCUT2D eigenvalue weighted by Crippen LogP contribution is 2.40. The van der Waals surface area contributed by atoms with Crippen molar-refractivity contribution in [3.63, 3.8) is 0 Å². The van der Waals surface area contributed by atoms with Crippen molar-refractivity contribution in [1.82, 2.24) is 41.0 Å². The van der Waals surface area contributed by atoms with Gasteiger partial charge in [0.15, 0.2) is 16.6 Å². The molecule has 3 aromatic heterocycles. The van der Waals surface area contributed by atoms with Crippen LogP contribution in [-0.4, -0.2) is 91.3 Å². The number of ether oxygens (including phenoxy) is 1. The second-order valence-electron chi connectivity index (χ2n) is 12.2. The van der Waals surface area contributed by atoms with E-state index in [9.17, 15) is 18.0 Å². The molecule has 0 radical (unpaired) electrons. The van der Waals surface area contributed by atoms with Crippen molar-refractivity contribution >= 4 is 55.2 Å². The zero-order valence-corrected chi connectivity index (χ0v) is 28.1. The number of β-lactam (4-membered cyclic amide) rings is 1. The molecule has 20 heteroatoms. The van der Waals surface area contributed by atoms with Gasteiger partial charge in [-0.15, -0.1) is 25.8 Å². The molecule has 49 heavy (non-hydrogen) atoms. The fourth-order valence-electron chi connectivity index (χ4n) is 5.76. The highest BCUT2D eigenvalue weighted by Gasteiger charge is 2.57. The second kappa shape index (κ2) is 14.1. The van der Waals surface area contributed by atoms with Gasteiger partial charge in [-0.25, -0.2) is 4.98 Å². The number of thiazole rings is 1. The molecule has 2 atom stereocenters. The number of oxime groups is 1. The van der Waals surface area contributed by atoms with E-state index in [4.69, 9.17) is 24.8 Å². The van der Waals surface area contributed by atoms with Gasteiger partial charge in [0.25, 0.3) is 5.91 Å². The van der Waals surface area contributed by atoms with E-state index in [1.54, 1.807) is 6.07 Å². The van der Waals surface area contributed by atoms with Crippen molar-refractivity contribution in [2.24, 2.45) is 17.0 Å². The van der Waals surface area contributed by atoms with E-state index in [1.807, 2.05) is 24.3 Å². The minimum Gasteiger partial charge on any atom is -0.489 e. The second-order valence-corrected chi connectivity index (χ2v) is 14.1. The molecule has 2 saturated heterocycles. The molecule has 0 bridgehead atoms. The van der Waals surface area contributed by atoms with Gasteiger partial charge in [-0.05, 0) is 76.4 Å². The van der Waals surface area contributed by atoms with Crippen LogP contribution in [0.25, 0.3) is 10.9 Å². The van der Waals surface area contributed by atoms with Gasteiger partial charge in [0.05, 0.1) is 17.0 Å². The first-order valence-corrected chi connectivity index (χ1v) is 17.6. The third-order valence-electron chi connectivity index (χ3n) is 8.46. The van der Waals surface area contributed by atoms with Crippen LogP contribution < -0.4 is 15.8 Å². The van der Waals surface area contributed by atoms with Crippen LogP contribution in [0.15, 0.2) is 40.9 Å². The molecule has 5 N–H and O–H groups in total. The Balaban J connectivity index is 1.17. The topological polar surface area (TPSA) is 250 Å². The number of nitrogen functional groups attached to an aromatic ring is 1. The van der Waals surface area contributed by atoms with Crippen molar-refractivity contribution in [2.75, 3.05) is 25.4 Å². The van der Waals surface area contributed by atoms with Crippen LogP contribution in [0.5, 0.6) is 5.75 Å². The minimum atomic E-state index is -4.96. The Morgan fingerprint density at radius 1 is 1.22 bits per heavy atom. The summed E-state index contributed by atoms with van der Waals surface area (Å²) in [4.78, 5) is 41.0. The molecule has 4 aromatic rings. The van der Waals surface area contributed by atoms with Crippen molar-refractivity contribution in [1.29, 1.82) is 0 Å². The van der Waals surface area contributed by atoms with Gasteiger partial charge < -0.3 is 20.6 Å². The number of aromatic nitrogens is 6. The predicted molar refractivity (Wildman–Crippen MR) is 174 cm³/mol. The molecular formula is C29H34N10O8S2. The summed E-state index contributed by atoms with van der Waals surface area (Å²) in [6.45, 7) is 4.89. The van der Waals surface area contributed by atoms with Gasteiger partial charge in [0, 0.05) is 22.9 Å². The van der Waals surface area contributed by atoms with Gasteiger partial charge in [-0.1, -0.05) is 16.4 Å². The number of nitrogens with one attached hydrogen (secondary N) is 2. The lowest BCUT2D eigenvalue weighted by molar-refractivity contribution is -0.228. The number of ketones is 1. The Morgan fingerprint density at radius 3 is 2.69 bits per heavy atom. The van der Waals surface area contributed by atoms with Crippen LogP contribution in [0.4, 0.5) is 5.13 Å². The maximum absolute atomic E-state index is 13.6. The number of Topliss-reactive ketones (excluding diaryl/α,β-unsaturated/α-hetero) is 1. The molecule has 1 aromatic carbocycles. The van der Waals surface area contributed by atoms with E-state index in [0.29, 0.717) is 16.7 Å². The third-order valence-corrected chi connectivity index (χ3v) is 9.47. The molecule has 1 amide bonds. The lowest BCUT2D eigenvalue weighted by Gasteiger charge is -2.50. The van der Waals surface area contributed by atoms with Crippen LogP contribution in [0.1, 0.15) is 56.4 Å². The number of fused-ring (bicyclic) bond motifs is 1. The fraction of sp³-hybridized carbons (Fsp3) is 0.448. The van der Waals surface area contributed by atoms with Gasteiger partial charge in [-0.2, -0.15) is 18.7 Å². The first-order chi connectivity index (χ1) is 23.4.